The van der Waals surface area contributed by atoms with E-state index in [1.54, 1.807) is 0 Å². The summed E-state index contributed by atoms with van der Waals surface area (Å²) in [6.07, 6.45) is 19.1. The minimum atomic E-state index is 0.0234. The maximum atomic E-state index is 5.56. The molecule has 132 valence electrons. The molecule has 0 heterocycles. The summed E-state index contributed by atoms with van der Waals surface area (Å²) in [6, 6.07) is 0. The van der Waals surface area contributed by atoms with Gasteiger partial charge in [0.25, 0.3) is 0 Å². The first-order chi connectivity index (χ1) is 10.8. The van der Waals surface area contributed by atoms with Crippen molar-refractivity contribution in [3.63, 3.8) is 0 Å². The SMILES string of the molecule is CCOC(CCCCCCCCCC/C=C/CCI)OCC. The van der Waals surface area contributed by atoms with Crippen LogP contribution >= 0.6 is 22.6 Å². The van der Waals surface area contributed by atoms with Gasteiger partial charge in [0.15, 0.2) is 6.29 Å². The van der Waals surface area contributed by atoms with Gasteiger partial charge < -0.3 is 9.47 Å². The number of halogens is 1. The summed E-state index contributed by atoms with van der Waals surface area (Å²) in [6.45, 7) is 5.56. The van der Waals surface area contributed by atoms with Gasteiger partial charge in [-0.1, -0.05) is 73.3 Å². The van der Waals surface area contributed by atoms with Crippen LogP contribution in [-0.4, -0.2) is 23.9 Å². The van der Waals surface area contributed by atoms with Gasteiger partial charge in [0.05, 0.1) is 0 Å². The topological polar surface area (TPSA) is 18.5 Å². The predicted octanol–water partition coefficient (Wildman–Crippen LogP) is 6.67. The highest BCUT2D eigenvalue weighted by molar-refractivity contribution is 14.1. The van der Waals surface area contributed by atoms with Crippen LogP contribution in [0.25, 0.3) is 0 Å². The highest BCUT2D eigenvalue weighted by Gasteiger charge is 2.06. The molecule has 0 saturated heterocycles. The quantitative estimate of drug-likeness (QED) is 0.0854. The van der Waals surface area contributed by atoms with E-state index < -0.39 is 0 Å². The van der Waals surface area contributed by atoms with Crippen LogP contribution in [0.3, 0.4) is 0 Å². The van der Waals surface area contributed by atoms with Crippen molar-refractivity contribution >= 4 is 22.6 Å². The van der Waals surface area contributed by atoms with Gasteiger partial charge in [-0.15, -0.1) is 0 Å². The Kier molecular flexibility index (Phi) is 19.8. The van der Waals surface area contributed by atoms with Crippen molar-refractivity contribution in [3.8, 4) is 0 Å². The number of unbranched alkanes of at least 4 members (excludes halogenated alkanes) is 8. The van der Waals surface area contributed by atoms with Gasteiger partial charge in [-0.25, -0.2) is 0 Å². The molecule has 0 rings (SSSR count). The van der Waals surface area contributed by atoms with E-state index in [1.165, 1.54) is 68.6 Å². The number of hydrogen-bond acceptors (Lipinski definition) is 2. The summed E-state index contributed by atoms with van der Waals surface area (Å²) in [5.41, 5.74) is 0. The van der Waals surface area contributed by atoms with Crippen LogP contribution in [0.2, 0.25) is 0 Å². The molecule has 0 bridgehead atoms. The average Bonchev–Trinajstić information content (AvgIpc) is 2.52. The highest BCUT2D eigenvalue weighted by atomic mass is 127. The lowest BCUT2D eigenvalue weighted by molar-refractivity contribution is -0.140. The van der Waals surface area contributed by atoms with Gasteiger partial charge in [0.1, 0.15) is 0 Å². The molecule has 0 fully saturated rings. The molecule has 2 nitrogen and oxygen atoms in total. The molecular weight excluding hydrogens is 387 g/mol. The summed E-state index contributed by atoms with van der Waals surface area (Å²) < 4.78 is 12.4. The fourth-order valence-corrected chi connectivity index (χ4v) is 2.88. The molecule has 0 aromatic rings. The molecule has 0 spiro atoms. The van der Waals surface area contributed by atoms with Crippen molar-refractivity contribution in [1.29, 1.82) is 0 Å². The first-order valence-corrected chi connectivity index (χ1v) is 10.8. The van der Waals surface area contributed by atoms with E-state index in [1.807, 2.05) is 13.8 Å². The Morgan fingerprint density at radius 3 is 1.77 bits per heavy atom. The number of alkyl halides is 1. The van der Waals surface area contributed by atoms with E-state index in [0.29, 0.717) is 0 Å². The van der Waals surface area contributed by atoms with Gasteiger partial charge >= 0.3 is 0 Å². The molecule has 0 radical (unpaired) electrons. The van der Waals surface area contributed by atoms with Gasteiger partial charge in [-0.3, -0.25) is 0 Å². The summed E-state index contributed by atoms with van der Waals surface area (Å²) in [5.74, 6) is 0. The van der Waals surface area contributed by atoms with E-state index in [0.717, 1.165) is 19.6 Å². The third-order valence-electron chi connectivity index (χ3n) is 3.71. The lowest BCUT2D eigenvalue weighted by Crippen LogP contribution is -2.17. The van der Waals surface area contributed by atoms with Crippen LogP contribution in [0, 0.1) is 0 Å². The second-order valence-corrected chi connectivity index (χ2v) is 6.77. The Labute approximate surface area is 152 Å². The zero-order chi connectivity index (χ0) is 16.3. The zero-order valence-corrected chi connectivity index (χ0v) is 17.0. The van der Waals surface area contributed by atoms with Crippen molar-refractivity contribution in [3.05, 3.63) is 12.2 Å². The molecule has 0 aliphatic rings. The molecule has 0 aromatic carbocycles. The molecule has 0 amide bonds. The molecule has 3 heteroatoms. The Bertz CT molecular complexity index is 225. The average molecular weight is 424 g/mol. The standard InChI is InChI=1S/C19H37IO2/c1-3-21-19(22-4-2)17-15-13-11-9-7-5-6-8-10-12-14-16-18-20/h12,14,19H,3-11,13,15-18H2,1-2H3/b14-12+. The molecule has 22 heavy (non-hydrogen) atoms. The Balaban J connectivity index is 3.22. The van der Waals surface area contributed by atoms with Crippen molar-refractivity contribution < 1.29 is 9.47 Å². The maximum absolute atomic E-state index is 5.56. The summed E-state index contributed by atoms with van der Waals surface area (Å²) in [4.78, 5) is 0. The lowest BCUT2D eigenvalue weighted by atomic mass is 10.1. The predicted molar refractivity (Wildman–Crippen MR) is 106 cm³/mol. The van der Waals surface area contributed by atoms with Gasteiger partial charge in [0.2, 0.25) is 0 Å². The molecule has 0 unspecified atom stereocenters. The van der Waals surface area contributed by atoms with Gasteiger partial charge in [0, 0.05) is 17.6 Å². The lowest BCUT2D eigenvalue weighted by Gasteiger charge is -2.16. The van der Waals surface area contributed by atoms with E-state index in [2.05, 4.69) is 34.7 Å². The fraction of sp³-hybridized carbons (Fsp3) is 0.895. The van der Waals surface area contributed by atoms with E-state index in [-0.39, 0.29) is 6.29 Å². The molecule has 0 aromatic heterocycles. The summed E-state index contributed by atoms with van der Waals surface area (Å²) in [7, 11) is 0. The van der Waals surface area contributed by atoms with Crippen LogP contribution in [-0.2, 0) is 9.47 Å². The van der Waals surface area contributed by atoms with Crippen molar-refractivity contribution in [2.45, 2.75) is 90.8 Å². The number of allylic oxidation sites excluding steroid dienone is 2. The largest absolute Gasteiger partial charge is 0.353 e. The second kappa shape index (κ2) is 19.4. The van der Waals surface area contributed by atoms with Crippen LogP contribution in [0.15, 0.2) is 12.2 Å². The second-order valence-electron chi connectivity index (χ2n) is 5.70. The third-order valence-corrected chi connectivity index (χ3v) is 4.33. The third kappa shape index (κ3) is 16.8. The maximum Gasteiger partial charge on any atom is 0.157 e. The summed E-state index contributed by atoms with van der Waals surface area (Å²) >= 11 is 2.43. The normalized spacial score (nSPS) is 11.8. The van der Waals surface area contributed by atoms with E-state index in [4.69, 9.17) is 9.47 Å². The summed E-state index contributed by atoms with van der Waals surface area (Å²) in [5, 5.41) is 0. The Hall–Kier alpha value is 0.390. The minimum absolute atomic E-state index is 0.0234. The van der Waals surface area contributed by atoms with E-state index >= 15 is 0 Å². The first kappa shape index (κ1) is 22.4. The number of rotatable bonds is 17. The first-order valence-electron chi connectivity index (χ1n) is 9.29. The van der Waals surface area contributed by atoms with Crippen molar-refractivity contribution in [2.75, 3.05) is 17.6 Å². The van der Waals surface area contributed by atoms with Crippen molar-refractivity contribution in [2.24, 2.45) is 0 Å². The molecule has 0 aliphatic carbocycles. The fourth-order valence-electron chi connectivity index (χ4n) is 2.52. The van der Waals surface area contributed by atoms with Crippen LogP contribution < -0.4 is 0 Å². The molecule has 0 N–H and O–H groups in total. The number of hydrogen-bond donors (Lipinski definition) is 0. The van der Waals surface area contributed by atoms with Crippen LogP contribution in [0.1, 0.15) is 84.5 Å². The van der Waals surface area contributed by atoms with Gasteiger partial charge in [-0.05, 0) is 46.0 Å². The molecular formula is C19H37IO2. The minimum Gasteiger partial charge on any atom is -0.353 e. The Morgan fingerprint density at radius 2 is 1.23 bits per heavy atom. The van der Waals surface area contributed by atoms with E-state index in [9.17, 15) is 0 Å². The van der Waals surface area contributed by atoms with Crippen LogP contribution in [0.4, 0.5) is 0 Å². The van der Waals surface area contributed by atoms with Crippen LogP contribution in [0.5, 0.6) is 0 Å². The zero-order valence-electron chi connectivity index (χ0n) is 14.8. The van der Waals surface area contributed by atoms with Crippen molar-refractivity contribution in [1.82, 2.24) is 0 Å². The molecule has 0 aliphatic heterocycles. The molecule has 0 saturated carbocycles. The Morgan fingerprint density at radius 1 is 0.727 bits per heavy atom. The van der Waals surface area contributed by atoms with Gasteiger partial charge in [-0.2, -0.15) is 0 Å². The highest BCUT2D eigenvalue weighted by Crippen LogP contribution is 2.13. The molecule has 0 atom stereocenters. The monoisotopic (exact) mass is 424 g/mol. The number of ether oxygens (including phenoxy) is 2. The smallest absolute Gasteiger partial charge is 0.157 e.